The smallest absolute Gasteiger partial charge is 0.265 e. The van der Waals surface area contributed by atoms with Gasteiger partial charge >= 0.3 is 0 Å². The topological polar surface area (TPSA) is 78.0 Å². The lowest BCUT2D eigenvalue weighted by atomic mass is 9.85. The molecule has 1 heterocycles. The monoisotopic (exact) mass is 343 g/mol. The third-order valence-electron chi connectivity index (χ3n) is 4.44. The number of nitrogens with zero attached hydrogens (tertiary/aromatic N) is 1. The molecule has 128 valence electrons. The zero-order valence-corrected chi connectivity index (χ0v) is 13.9. The van der Waals surface area contributed by atoms with Crippen LogP contribution in [0.1, 0.15) is 11.1 Å². The summed E-state index contributed by atoms with van der Waals surface area (Å²) >= 11 is 0. The number of para-hydroxylation sites is 1. The van der Waals surface area contributed by atoms with Crippen LogP contribution in [0.15, 0.2) is 85.1 Å². The Balaban J connectivity index is 1.79. The highest BCUT2D eigenvalue weighted by Crippen LogP contribution is 2.32. The van der Waals surface area contributed by atoms with E-state index in [-0.39, 0.29) is 0 Å². The Labute approximate surface area is 150 Å². The van der Waals surface area contributed by atoms with Crippen molar-refractivity contribution in [1.82, 2.24) is 10.2 Å². The van der Waals surface area contributed by atoms with Crippen molar-refractivity contribution in [1.29, 1.82) is 0 Å². The highest BCUT2D eigenvalue weighted by Gasteiger charge is 2.40. The van der Waals surface area contributed by atoms with E-state index < -0.39 is 11.5 Å². The van der Waals surface area contributed by atoms with Gasteiger partial charge in [0.25, 0.3) is 5.91 Å². The average molecular weight is 343 g/mol. The van der Waals surface area contributed by atoms with Gasteiger partial charge in [-0.2, -0.15) is 5.10 Å². The number of anilines is 1. The second kappa shape index (κ2) is 6.46. The van der Waals surface area contributed by atoms with E-state index in [1.54, 1.807) is 60.8 Å². The molecule has 5 nitrogen and oxygen atoms in total. The number of H-pyrrole nitrogens is 1. The Kier molecular flexibility index (Phi) is 3.99. The van der Waals surface area contributed by atoms with Crippen LogP contribution < -0.4 is 5.32 Å². The molecule has 1 amide bonds. The molecule has 0 bridgehead atoms. The van der Waals surface area contributed by atoms with Gasteiger partial charge in [0.2, 0.25) is 0 Å². The first-order chi connectivity index (χ1) is 12.7. The standard InChI is InChI=1S/C21H17N3O2/c25-20(23-18-13-7-8-15-14-22-24-19(15)18)21(26,16-9-3-1-4-10-16)17-11-5-2-6-12-17/h1-14,26H,(H,22,24)(H,23,25). The van der Waals surface area contributed by atoms with Gasteiger partial charge in [-0.25, -0.2) is 0 Å². The van der Waals surface area contributed by atoms with Crippen molar-refractivity contribution in [2.45, 2.75) is 5.60 Å². The molecular weight excluding hydrogens is 326 g/mol. The summed E-state index contributed by atoms with van der Waals surface area (Å²) in [5.41, 5.74) is 0.464. The molecule has 0 saturated carbocycles. The molecule has 0 radical (unpaired) electrons. The zero-order valence-electron chi connectivity index (χ0n) is 13.9. The van der Waals surface area contributed by atoms with Crippen LogP contribution in [0, 0.1) is 0 Å². The van der Waals surface area contributed by atoms with E-state index in [1.165, 1.54) is 0 Å². The van der Waals surface area contributed by atoms with Crippen LogP contribution in [0.5, 0.6) is 0 Å². The quantitative estimate of drug-likeness (QED) is 0.531. The van der Waals surface area contributed by atoms with Crippen LogP contribution in [-0.4, -0.2) is 21.2 Å². The van der Waals surface area contributed by atoms with Crippen molar-refractivity contribution in [2.75, 3.05) is 5.32 Å². The second-order valence-corrected chi connectivity index (χ2v) is 6.04. The molecule has 4 aromatic rings. The fourth-order valence-electron chi connectivity index (χ4n) is 3.07. The highest BCUT2D eigenvalue weighted by molar-refractivity contribution is 6.05. The number of rotatable bonds is 4. The Morgan fingerprint density at radius 3 is 2.12 bits per heavy atom. The van der Waals surface area contributed by atoms with Gasteiger partial charge in [0.1, 0.15) is 0 Å². The van der Waals surface area contributed by atoms with Gasteiger partial charge in [-0.15, -0.1) is 0 Å². The van der Waals surface area contributed by atoms with Crippen LogP contribution in [0.4, 0.5) is 5.69 Å². The summed E-state index contributed by atoms with van der Waals surface area (Å²) in [5.74, 6) is -0.531. The summed E-state index contributed by atoms with van der Waals surface area (Å²) in [4.78, 5) is 13.2. The minimum Gasteiger partial charge on any atom is -0.372 e. The van der Waals surface area contributed by atoms with Gasteiger partial charge in [-0.05, 0) is 17.2 Å². The molecule has 26 heavy (non-hydrogen) atoms. The van der Waals surface area contributed by atoms with Crippen LogP contribution in [0.25, 0.3) is 10.9 Å². The maximum atomic E-state index is 13.2. The van der Waals surface area contributed by atoms with E-state index in [0.29, 0.717) is 22.3 Å². The van der Waals surface area contributed by atoms with Crippen molar-refractivity contribution in [3.63, 3.8) is 0 Å². The van der Waals surface area contributed by atoms with Gasteiger partial charge in [-0.3, -0.25) is 9.89 Å². The Hall–Kier alpha value is -3.44. The van der Waals surface area contributed by atoms with Crippen LogP contribution >= 0.6 is 0 Å². The van der Waals surface area contributed by atoms with Crippen molar-refractivity contribution < 1.29 is 9.90 Å². The van der Waals surface area contributed by atoms with E-state index in [9.17, 15) is 9.90 Å². The van der Waals surface area contributed by atoms with Crippen LogP contribution in [0.2, 0.25) is 0 Å². The van der Waals surface area contributed by atoms with Crippen molar-refractivity contribution >= 4 is 22.5 Å². The number of hydrogen-bond acceptors (Lipinski definition) is 3. The molecule has 0 aliphatic rings. The van der Waals surface area contributed by atoms with Crippen molar-refractivity contribution in [3.8, 4) is 0 Å². The molecule has 0 spiro atoms. The Bertz CT molecular complexity index is 1000. The number of carbonyl (C=O) groups excluding carboxylic acids is 1. The normalized spacial score (nSPS) is 11.4. The zero-order chi connectivity index (χ0) is 18.0. The molecule has 1 aromatic heterocycles. The van der Waals surface area contributed by atoms with Gasteiger partial charge in [-0.1, -0.05) is 72.8 Å². The summed E-state index contributed by atoms with van der Waals surface area (Å²) in [7, 11) is 0. The maximum Gasteiger partial charge on any atom is 0.265 e. The number of benzene rings is 3. The highest BCUT2D eigenvalue weighted by atomic mass is 16.3. The summed E-state index contributed by atoms with van der Waals surface area (Å²) in [6.07, 6.45) is 1.69. The van der Waals surface area contributed by atoms with Gasteiger partial charge in [0, 0.05) is 5.39 Å². The first kappa shape index (κ1) is 16.1. The lowest BCUT2D eigenvalue weighted by Gasteiger charge is -2.28. The molecule has 0 atom stereocenters. The second-order valence-electron chi connectivity index (χ2n) is 6.04. The summed E-state index contributed by atoms with van der Waals surface area (Å²) < 4.78 is 0. The molecule has 0 unspecified atom stereocenters. The number of hydrogen-bond donors (Lipinski definition) is 3. The largest absolute Gasteiger partial charge is 0.372 e. The average Bonchev–Trinajstić information content (AvgIpc) is 3.18. The summed E-state index contributed by atoms with van der Waals surface area (Å²) in [6, 6.07) is 23.3. The minimum absolute atomic E-state index is 0.500. The number of fused-ring (bicyclic) bond motifs is 1. The number of carbonyl (C=O) groups is 1. The number of aromatic amines is 1. The van der Waals surface area contributed by atoms with Crippen LogP contribution in [0.3, 0.4) is 0 Å². The SMILES string of the molecule is O=C(Nc1cccc2cn[nH]c12)C(O)(c1ccccc1)c1ccccc1. The predicted octanol–water partition coefficient (Wildman–Crippen LogP) is 3.44. The molecule has 4 rings (SSSR count). The van der Waals surface area contributed by atoms with Crippen LogP contribution in [-0.2, 0) is 10.4 Å². The summed E-state index contributed by atoms with van der Waals surface area (Å²) in [6.45, 7) is 0. The van der Waals surface area contributed by atoms with Gasteiger partial charge < -0.3 is 10.4 Å². The fourth-order valence-corrected chi connectivity index (χ4v) is 3.07. The van der Waals surface area contributed by atoms with Gasteiger partial charge in [0.15, 0.2) is 5.60 Å². The van der Waals surface area contributed by atoms with E-state index in [0.717, 1.165) is 5.39 Å². The number of amides is 1. The van der Waals surface area contributed by atoms with E-state index >= 15 is 0 Å². The predicted molar refractivity (Wildman–Crippen MR) is 101 cm³/mol. The molecule has 0 aliphatic carbocycles. The molecule has 0 fully saturated rings. The lowest BCUT2D eigenvalue weighted by molar-refractivity contribution is -0.131. The van der Waals surface area contributed by atoms with E-state index in [2.05, 4.69) is 15.5 Å². The molecule has 0 saturated heterocycles. The number of aromatic nitrogens is 2. The number of nitrogens with one attached hydrogen (secondary N) is 2. The summed E-state index contributed by atoms with van der Waals surface area (Å²) in [5, 5.41) is 22.1. The minimum atomic E-state index is -1.81. The third-order valence-corrected chi connectivity index (χ3v) is 4.44. The molecule has 5 heteroatoms. The first-order valence-electron chi connectivity index (χ1n) is 8.26. The Morgan fingerprint density at radius 1 is 0.885 bits per heavy atom. The Morgan fingerprint density at radius 2 is 1.50 bits per heavy atom. The fraction of sp³-hybridized carbons (Fsp3) is 0.0476. The molecule has 3 aromatic carbocycles. The lowest BCUT2D eigenvalue weighted by Crippen LogP contribution is -2.41. The molecule has 0 aliphatic heterocycles. The van der Waals surface area contributed by atoms with E-state index in [1.807, 2.05) is 24.3 Å². The van der Waals surface area contributed by atoms with E-state index in [4.69, 9.17) is 0 Å². The molecule has 3 N–H and O–H groups in total. The van der Waals surface area contributed by atoms with Crippen molar-refractivity contribution in [3.05, 3.63) is 96.2 Å². The van der Waals surface area contributed by atoms with Gasteiger partial charge in [0.05, 0.1) is 17.4 Å². The first-order valence-corrected chi connectivity index (χ1v) is 8.26. The third kappa shape index (κ3) is 2.64. The number of aliphatic hydroxyl groups is 1. The van der Waals surface area contributed by atoms with Crippen molar-refractivity contribution in [2.24, 2.45) is 0 Å². The maximum absolute atomic E-state index is 13.2. The molecular formula is C21H17N3O2.